The fraction of sp³-hybridized carbons (Fsp3) is 0.231. The molecular formula is C13H14FIN2S. The van der Waals surface area contributed by atoms with Crippen molar-refractivity contribution in [2.75, 3.05) is 11.1 Å². The van der Waals surface area contributed by atoms with Crippen molar-refractivity contribution in [1.82, 2.24) is 0 Å². The van der Waals surface area contributed by atoms with Crippen LogP contribution in [0.3, 0.4) is 0 Å². The number of nitrogen functional groups attached to an aromatic ring is 1. The van der Waals surface area contributed by atoms with Crippen LogP contribution in [0.4, 0.5) is 15.8 Å². The molecule has 0 unspecified atom stereocenters. The van der Waals surface area contributed by atoms with Crippen molar-refractivity contribution in [2.45, 2.75) is 20.4 Å². The Morgan fingerprint density at radius 2 is 2.06 bits per heavy atom. The highest BCUT2D eigenvalue weighted by Gasteiger charge is 2.07. The lowest BCUT2D eigenvalue weighted by Crippen LogP contribution is -2.02. The lowest BCUT2D eigenvalue weighted by molar-refractivity contribution is 0.621. The van der Waals surface area contributed by atoms with Gasteiger partial charge in [-0.3, -0.25) is 0 Å². The molecule has 0 radical (unpaired) electrons. The number of benzene rings is 1. The summed E-state index contributed by atoms with van der Waals surface area (Å²) in [7, 11) is 0. The Balaban J connectivity index is 2.13. The fourth-order valence-corrected chi connectivity index (χ4v) is 3.12. The van der Waals surface area contributed by atoms with Crippen LogP contribution in [0.5, 0.6) is 0 Å². The van der Waals surface area contributed by atoms with Crippen molar-refractivity contribution in [1.29, 1.82) is 0 Å². The van der Waals surface area contributed by atoms with Crippen molar-refractivity contribution >= 4 is 45.3 Å². The van der Waals surface area contributed by atoms with Crippen molar-refractivity contribution in [2.24, 2.45) is 0 Å². The largest absolute Gasteiger partial charge is 0.397 e. The summed E-state index contributed by atoms with van der Waals surface area (Å²) in [5.74, 6) is -0.245. The van der Waals surface area contributed by atoms with E-state index in [9.17, 15) is 4.39 Å². The van der Waals surface area contributed by atoms with E-state index in [0.717, 1.165) is 0 Å². The second-order valence-electron chi connectivity index (χ2n) is 4.16. The van der Waals surface area contributed by atoms with Crippen molar-refractivity contribution < 1.29 is 4.39 Å². The van der Waals surface area contributed by atoms with Gasteiger partial charge in [0.1, 0.15) is 5.82 Å². The zero-order valence-corrected chi connectivity index (χ0v) is 13.2. The topological polar surface area (TPSA) is 38.0 Å². The number of halogens is 2. The first kappa shape index (κ1) is 13.6. The third-order valence-electron chi connectivity index (χ3n) is 2.76. The highest BCUT2D eigenvalue weighted by molar-refractivity contribution is 14.1. The predicted molar refractivity (Wildman–Crippen MR) is 84.6 cm³/mol. The molecule has 1 aromatic carbocycles. The van der Waals surface area contributed by atoms with Crippen LogP contribution in [-0.2, 0) is 6.54 Å². The number of anilines is 2. The number of hydrogen-bond acceptors (Lipinski definition) is 3. The summed E-state index contributed by atoms with van der Waals surface area (Å²) in [5.41, 5.74) is 8.37. The minimum absolute atomic E-state index is 0.245. The summed E-state index contributed by atoms with van der Waals surface area (Å²) in [6.07, 6.45) is 0. The first-order chi connectivity index (χ1) is 8.47. The van der Waals surface area contributed by atoms with Crippen molar-refractivity contribution in [3.63, 3.8) is 0 Å². The van der Waals surface area contributed by atoms with Gasteiger partial charge in [-0.25, -0.2) is 4.39 Å². The number of nitrogens with one attached hydrogen (secondary N) is 1. The van der Waals surface area contributed by atoms with Crippen LogP contribution in [0.2, 0.25) is 0 Å². The van der Waals surface area contributed by atoms with E-state index in [2.05, 4.69) is 25.2 Å². The van der Waals surface area contributed by atoms with Crippen LogP contribution in [-0.4, -0.2) is 0 Å². The molecule has 1 heterocycles. The third kappa shape index (κ3) is 2.95. The maximum atomic E-state index is 13.5. The fourth-order valence-electron chi connectivity index (χ4n) is 1.63. The lowest BCUT2D eigenvalue weighted by Gasteiger charge is -2.09. The molecule has 96 valence electrons. The molecule has 0 saturated heterocycles. The van der Waals surface area contributed by atoms with E-state index in [4.69, 9.17) is 5.73 Å². The molecule has 0 atom stereocenters. The average molecular weight is 376 g/mol. The SMILES string of the molecule is Cc1cc(CNc2cc(F)c(I)cc2N)sc1C. The molecule has 0 fully saturated rings. The lowest BCUT2D eigenvalue weighted by atomic mass is 10.2. The van der Waals surface area contributed by atoms with Gasteiger partial charge in [0.25, 0.3) is 0 Å². The molecule has 0 aliphatic heterocycles. The van der Waals surface area contributed by atoms with E-state index in [-0.39, 0.29) is 5.82 Å². The molecule has 0 saturated carbocycles. The quantitative estimate of drug-likeness (QED) is 0.619. The molecule has 1 aromatic heterocycles. The molecule has 3 N–H and O–H groups in total. The van der Waals surface area contributed by atoms with Crippen LogP contribution >= 0.6 is 33.9 Å². The number of thiophene rings is 1. The van der Waals surface area contributed by atoms with Crippen LogP contribution in [0, 0.1) is 23.2 Å². The Morgan fingerprint density at radius 1 is 1.33 bits per heavy atom. The summed E-state index contributed by atoms with van der Waals surface area (Å²) < 4.78 is 14.0. The highest BCUT2D eigenvalue weighted by Crippen LogP contribution is 2.26. The van der Waals surface area contributed by atoms with Crippen molar-refractivity contribution in [3.8, 4) is 0 Å². The first-order valence-electron chi connectivity index (χ1n) is 5.51. The van der Waals surface area contributed by atoms with E-state index in [1.165, 1.54) is 21.4 Å². The highest BCUT2D eigenvalue weighted by atomic mass is 127. The monoisotopic (exact) mass is 376 g/mol. The molecule has 18 heavy (non-hydrogen) atoms. The molecule has 5 heteroatoms. The maximum absolute atomic E-state index is 13.5. The Morgan fingerprint density at radius 3 is 2.67 bits per heavy atom. The molecule has 0 aliphatic rings. The van der Waals surface area contributed by atoms with Crippen LogP contribution in [0.15, 0.2) is 18.2 Å². The average Bonchev–Trinajstić information content (AvgIpc) is 2.62. The van der Waals surface area contributed by atoms with Gasteiger partial charge in [0, 0.05) is 22.4 Å². The van der Waals surface area contributed by atoms with Gasteiger partial charge in [0.15, 0.2) is 0 Å². The molecule has 0 aliphatic carbocycles. The van der Waals surface area contributed by atoms with E-state index in [1.54, 1.807) is 17.4 Å². The van der Waals surface area contributed by atoms with Gasteiger partial charge in [0.05, 0.1) is 14.9 Å². The zero-order chi connectivity index (χ0) is 13.3. The summed E-state index contributed by atoms with van der Waals surface area (Å²) in [4.78, 5) is 2.54. The first-order valence-corrected chi connectivity index (χ1v) is 7.41. The van der Waals surface area contributed by atoms with Crippen LogP contribution in [0.25, 0.3) is 0 Å². The summed E-state index contributed by atoms with van der Waals surface area (Å²) in [6, 6.07) is 5.24. The van der Waals surface area contributed by atoms with Crippen molar-refractivity contribution in [3.05, 3.63) is 42.9 Å². The van der Waals surface area contributed by atoms with Gasteiger partial charge in [0.2, 0.25) is 0 Å². The smallest absolute Gasteiger partial charge is 0.138 e. The Hall–Kier alpha value is -0.820. The summed E-state index contributed by atoms with van der Waals surface area (Å²) >= 11 is 3.68. The normalized spacial score (nSPS) is 10.7. The predicted octanol–water partition coefficient (Wildman–Crippen LogP) is 4.30. The second kappa shape index (κ2) is 5.44. The molecule has 0 spiro atoms. The van der Waals surface area contributed by atoms with Gasteiger partial charge >= 0.3 is 0 Å². The van der Waals surface area contributed by atoms with E-state index >= 15 is 0 Å². The number of nitrogens with two attached hydrogens (primary N) is 1. The minimum Gasteiger partial charge on any atom is -0.397 e. The standard InChI is InChI=1S/C13H14FIN2S/c1-7-3-9(18-8(7)2)6-17-13-4-10(14)11(15)5-12(13)16/h3-5,17H,6,16H2,1-2H3. The van der Waals surface area contributed by atoms with E-state index in [1.807, 2.05) is 22.6 Å². The van der Waals surface area contributed by atoms with Gasteiger partial charge < -0.3 is 11.1 Å². The van der Waals surface area contributed by atoms with Crippen LogP contribution < -0.4 is 11.1 Å². The molecule has 0 amide bonds. The number of rotatable bonds is 3. The molecule has 0 bridgehead atoms. The Labute approximate surface area is 124 Å². The van der Waals surface area contributed by atoms with Gasteiger partial charge in [-0.15, -0.1) is 11.3 Å². The summed E-state index contributed by atoms with van der Waals surface area (Å²) in [6.45, 7) is 4.86. The summed E-state index contributed by atoms with van der Waals surface area (Å²) in [5, 5.41) is 3.18. The van der Waals surface area contributed by atoms with E-state index < -0.39 is 0 Å². The third-order valence-corrected chi connectivity index (χ3v) is 4.74. The Kier molecular flexibility index (Phi) is 4.11. The van der Waals surface area contributed by atoms with Gasteiger partial charge in [-0.1, -0.05) is 0 Å². The Bertz CT molecular complexity index is 561. The van der Waals surface area contributed by atoms with E-state index in [0.29, 0.717) is 21.5 Å². The molecule has 2 rings (SSSR count). The minimum atomic E-state index is -0.245. The number of aryl methyl sites for hydroxylation is 2. The van der Waals surface area contributed by atoms with Crippen LogP contribution in [0.1, 0.15) is 15.3 Å². The molecule has 2 nitrogen and oxygen atoms in total. The molecular weight excluding hydrogens is 362 g/mol. The zero-order valence-electron chi connectivity index (χ0n) is 10.2. The maximum Gasteiger partial charge on any atom is 0.138 e. The van der Waals surface area contributed by atoms with Gasteiger partial charge in [-0.2, -0.15) is 0 Å². The molecule has 2 aromatic rings. The van der Waals surface area contributed by atoms with Gasteiger partial charge in [-0.05, 0) is 54.1 Å². The number of hydrogen-bond donors (Lipinski definition) is 2. The second-order valence-corrected chi connectivity index (χ2v) is 6.66.